The summed E-state index contributed by atoms with van der Waals surface area (Å²) in [5.74, 6) is 0. The molecule has 0 saturated carbocycles. The van der Waals surface area contributed by atoms with Gasteiger partial charge in [0.25, 0.3) is 0 Å². The minimum atomic E-state index is -0.766. The molecule has 6 atom stereocenters. The van der Waals surface area contributed by atoms with Crippen molar-refractivity contribution in [3.8, 4) is 0 Å². The predicted octanol–water partition coefficient (Wildman–Crippen LogP) is 2.19. The van der Waals surface area contributed by atoms with Crippen LogP contribution in [0.15, 0.2) is 24.3 Å². The fraction of sp³-hybridized carbons (Fsp3) is 0.833. The van der Waals surface area contributed by atoms with Gasteiger partial charge in [-0.05, 0) is 25.0 Å². The van der Waals surface area contributed by atoms with Crippen LogP contribution in [0.25, 0.3) is 0 Å². The molecular weight excluding hydrogens is 416 g/mol. The zero-order valence-corrected chi connectivity index (χ0v) is 19.1. The van der Waals surface area contributed by atoms with Crippen molar-refractivity contribution in [3.63, 3.8) is 0 Å². The third-order valence-corrected chi connectivity index (χ3v) is 5.77. The molecule has 0 aromatic heterocycles. The van der Waals surface area contributed by atoms with Crippen molar-refractivity contribution < 1.29 is 39.4 Å². The van der Waals surface area contributed by atoms with Crippen molar-refractivity contribution in [1.82, 2.24) is 0 Å². The Morgan fingerprint density at radius 1 is 0.531 bits per heavy atom. The van der Waals surface area contributed by atoms with Gasteiger partial charge in [-0.2, -0.15) is 0 Å². The smallest absolute Gasteiger partial charge is 0.177 e. The molecule has 32 heavy (non-hydrogen) atoms. The Morgan fingerprint density at radius 3 is 1.22 bits per heavy atom. The van der Waals surface area contributed by atoms with Gasteiger partial charge in [0.1, 0.15) is 24.4 Å². The molecule has 0 spiro atoms. The lowest BCUT2D eigenvalue weighted by Gasteiger charge is -2.28. The molecule has 8 nitrogen and oxygen atoms in total. The van der Waals surface area contributed by atoms with Crippen LogP contribution in [0.4, 0.5) is 0 Å². The highest BCUT2D eigenvalue weighted by Crippen LogP contribution is 2.16. The van der Waals surface area contributed by atoms with E-state index in [1.54, 1.807) is 24.3 Å². The maximum Gasteiger partial charge on any atom is 0.177 e. The molecular formula is C24H42O8. The Morgan fingerprint density at radius 2 is 0.875 bits per heavy atom. The Balaban J connectivity index is 1.32. The van der Waals surface area contributed by atoms with Crippen LogP contribution in [0.1, 0.15) is 64.2 Å². The van der Waals surface area contributed by atoms with Crippen LogP contribution in [0.2, 0.25) is 0 Å². The van der Waals surface area contributed by atoms with Gasteiger partial charge in [-0.3, -0.25) is 0 Å². The van der Waals surface area contributed by atoms with E-state index in [0.717, 1.165) is 25.7 Å². The minimum Gasteiger partial charge on any atom is -0.394 e. The van der Waals surface area contributed by atoms with Gasteiger partial charge in [0, 0.05) is 0 Å². The summed E-state index contributed by atoms with van der Waals surface area (Å²) in [4.78, 5) is 0. The molecule has 8 heteroatoms. The molecule has 0 radical (unpaired) electrons. The second-order valence-corrected chi connectivity index (χ2v) is 8.48. The quantitative estimate of drug-likeness (QED) is 0.194. The predicted molar refractivity (Wildman–Crippen MR) is 120 cm³/mol. The maximum absolute atomic E-state index is 9.59. The maximum atomic E-state index is 9.59. The number of hydrogen-bond donors (Lipinski definition) is 4. The van der Waals surface area contributed by atoms with Crippen molar-refractivity contribution in [1.29, 1.82) is 0 Å². The lowest BCUT2D eigenvalue weighted by molar-refractivity contribution is -0.180. The summed E-state index contributed by atoms with van der Waals surface area (Å²) in [7, 11) is 0. The van der Waals surface area contributed by atoms with E-state index in [4.69, 9.17) is 29.2 Å². The van der Waals surface area contributed by atoms with Gasteiger partial charge in [-0.1, -0.05) is 63.5 Å². The van der Waals surface area contributed by atoms with Gasteiger partial charge in [-0.15, -0.1) is 0 Å². The highest BCUT2D eigenvalue weighted by Gasteiger charge is 2.26. The van der Waals surface area contributed by atoms with Crippen molar-refractivity contribution in [2.75, 3.05) is 26.4 Å². The number of aliphatic hydroxyl groups excluding tert-OH is 4. The minimum absolute atomic E-state index is 0.219. The fourth-order valence-corrected chi connectivity index (χ4v) is 3.76. The lowest BCUT2D eigenvalue weighted by Crippen LogP contribution is -2.38. The van der Waals surface area contributed by atoms with Crippen LogP contribution in [-0.4, -0.2) is 83.8 Å². The summed E-state index contributed by atoms with van der Waals surface area (Å²) in [6.07, 6.45) is 14.6. The Kier molecular flexibility index (Phi) is 14.3. The van der Waals surface area contributed by atoms with Crippen LogP contribution in [-0.2, 0) is 18.9 Å². The van der Waals surface area contributed by atoms with Crippen molar-refractivity contribution in [3.05, 3.63) is 24.3 Å². The summed E-state index contributed by atoms with van der Waals surface area (Å²) < 4.78 is 22.2. The molecule has 0 aromatic carbocycles. The highest BCUT2D eigenvalue weighted by molar-refractivity contribution is 5.00. The summed E-state index contributed by atoms with van der Waals surface area (Å²) >= 11 is 0. The number of aliphatic hydroxyl groups is 4. The first kappa shape index (κ1) is 27.4. The molecule has 2 heterocycles. The summed E-state index contributed by atoms with van der Waals surface area (Å²) in [6, 6.07) is 0. The molecule has 0 unspecified atom stereocenters. The average molecular weight is 459 g/mol. The van der Waals surface area contributed by atoms with E-state index in [1.807, 2.05) is 0 Å². The fourth-order valence-electron chi connectivity index (χ4n) is 3.76. The third kappa shape index (κ3) is 10.9. The van der Waals surface area contributed by atoms with Crippen molar-refractivity contribution in [2.24, 2.45) is 0 Å². The molecule has 186 valence electrons. The summed E-state index contributed by atoms with van der Waals surface area (Å²) in [5.41, 5.74) is 0. The van der Waals surface area contributed by atoms with E-state index < -0.39 is 37.0 Å². The van der Waals surface area contributed by atoms with E-state index in [2.05, 4.69) is 0 Å². The van der Waals surface area contributed by atoms with Gasteiger partial charge in [0.05, 0.1) is 26.4 Å². The van der Waals surface area contributed by atoms with Gasteiger partial charge < -0.3 is 39.4 Å². The SMILES string of the molecule is OC[C@H]1O[C@@H](OCCCCCCCCCCCCO[C@@H]2C=C[C@H](O)[C@@H](CO)O2)C=C[C@@H]1O. The number of rotatable bonds is 17. The summed E-state index contributed by atoms with van der Waals surface area (Å²) in [5, 5.41) is 37.4. The number of unbranched alkanes of at least 4 members (excludes halogenated alkanes) is 9. The Bertz CT molecular complexity index is 480. The van der Waals surface area contributed by atoms with E-state index >= 15 is 0 Å². The largest absolute Gasteiger partial charge is 0.394 e. The third-order valence-electron chi connectivity index (χ3n) is 5.77. The molecule has 0 aliphatic carbocycles. The van der Waals surface area contributed by atoms with E-state index in [-0.39, 0.29) is 13.2 Å². The zero-order valence-electron chi connectivity index (χ0n) is 19.1. The molecule has 2 aliphatic rings. The second kappa shape index (κ2) is 16.7. The number of ether oxygens (including phenoxy) is 4. The molecule has 0 bridgehead atoms. The summed E-state index contributed by atoms with van der Waals surface area (Å²) in [6.45, 7) is 0.802. The monoisotopic (exact) mass is 458 g/mol. The first-order chi connectivity index (χ1) is 15.6. The highest BCUT2D eigenvalue weighted by atomic mass is 16.7. The molecule has 0 fully saturated rings. The second-order valence-electron chi connectivity index (χ2n) is 8.48. The van der Waals surface area contributed by atoms with Crippen LogP contribution in [0, 0.1) is 0 Å². The van der Waals surface area contributed by atoms with E-state index in [1.165, 1.54) is 38.5 Å². The normalized spacial score (nSPS) is 30.1. The van der Waals surface area contributed by atoms with Crippen LogP contribution in [0.3, 0.4) is 0 Å². The van der Waals surface area contributed by atoms with Gasteiger partial charge in [-0.25, -0.2) is 0 Å². The van der Waals surface area contributed by atoms with Crippen LogP contribution in [0.5, 0.6) is 0 Å². The van der Waals surface area contributed by atoms with Gasteiger partial charge in [0.15, 0.2) is 12.6 Å². The Labute approximate surface area is 191 Å². The topological polar surface area (TPSA) is 118 Å². The first-order valence-electron chi connectivity index (χ1n) is 12.1. The van der Waals surface area contributed by atoms with Crippen LogP contribution >= 0.6 is 0 Å². The molecule has 2 rings (SSSR count). The van der Waals surface area contributed by atoms with Gasteiger partial charge >= 0.3 is 0 Å². The molecule has 4 N–H and O–H groups in total. The van der Waals surface area contributed by atoms with Crippen LogP contribution < -0.4 is 0 Å². The Hall–Kier alpha value is -0.840. The van der Waals surface area contributed by atoms with E-state index in [9.17, 15) is 10.2 Å². The number of hydrogen-bond acceptors (Lipinski definition) is 8. The standard InChI is InChI=1S/C24H42O8/c25-17-21-19(27)11-13-23(31-21)29-15-9-7-5-3-1-2-4-6-8-10-16-30-24-14-12-20(28)22(18-26)32-24/h11-14,19-28H,1-10,15-18H2/t19-,20-,21+,22+,23-,24+/m0/s1. The molecule has 2 aliphatic heterocycles. The van der Waals surface area contributed by atoms with Crippen molar-refractivity contribution >= 4 is 0 Å². The molecule has 0 amide bonds. The van der Waals surface area contributed by atoms with Gasteiger partial charge in [0.2, 0.25) is 0 Å². The lowest BCUT2D eigenvalue weighted by atomic mass is 10.1. The van der Waals surface area contributed by atoms with Crippen molar-refractivity contribution in [2.45, 2.75) is 101 Å². The first-order valence-corrected chi connectivity index (χ1v) is 12.1. The molecule has 0 aromatic rings. The van der Waals surface area contributed by atoms with E-state index in [0.29, 0.717) is 13.2 Å². The zero-order chi connectivity index (χ0) is 23.0. The molecule has 0 saturated heterocycles. The average Bonchev–Trinajstić information content (AvgIpc) is 2.81.